The Morgan fingerprint density at radius 1 is 0.270 bits per heavy atom. The van der Waals surface area contributed by atoms with Crippen LogP contribution < -0.4 is 31.4 Å². The minimum Gasteiger partial charge on any atom is -0.232 e. The molecule has 0 N–H and O–H groups in total. The molecule has 0 fully saturated rings. The number of pyridine rings is 1. The zero-order valence-electron chi connectivity index (χ0n) is 35.9. The van der Waals surface area contributed by atoms with Crippen LogP contribution in [0.5, 0.6) is 5.75 Å². The molecule has 1 heterocycles. The third kappa shape index (κ3) is 12.6. The van der Waals surface area contributed by atoms with E-state index >= 15 is 0 Å². The molecule has 74 heavy (non-hydrogen) atoms. The monoisotopic (exact) mass is 1090 g/mol. The Morgan fingerprint density at radius 2 is 0.527 bits per heavy atom. The number of alkyl halides is 24. The molecule has 0 aliphatic rings. The van der Waals surface area contributed by atoms with Gasteiger partial charge in [0.25, 0.3) is 0 Å². The van der Waals surface area contributed by atoms with Gasteiger partial charge in [0.1, 0.15) is 6.15 Å². The van der Waals surface area contributed by atoms with Gasteiger partial charge in [0.2, 0.25) is 18.1 Å². The Morgan fingerprint density at radius 3 is 0.784 bits per heavy atom. The normalized spacial score (nSPS) is 13.4. The fraction of sp³-hybridized carbons (Fsp3) is 0.170. The van der Waals surface area contributed by atoms with Crippen LogP contribution in [0.4, 0.5) is 105 Å². The predicted octanol–water partition coefficient (Wildman–Crippen LogP) is 14.2. The number of hydrogen-bond acceptors (Lipinski definition) is 1. The van der Waals surface area contributed by atoms with Crippen LogP contribution in [0, 0.1) is 0 Å². The van der Waals surface area contributed by atoms with Crippen LogP contribution in [-0.2, 0) is 49.4 Å². The lowest BCUT2D eigenvalue weighted by Gasteiger charge is -2.46. The van der Waals surface area contributed by atoms with Gasteiger partial charge in [-0.2, -0.15) is 127 Å². The molecule has 0 unspecified atom stereocenters. The lowest BCUT2D eigenvalue weighted by atomic mass is 9.12. The number of aromatic nitrogens is 1. The third-order valence-electron chi connectivity index (χ3n) is 11.1. The molecule has 6 aromatic carbocycles. The van der Waals surface area contributed by atoms with Crippen LogP contribution in [-0.4, -0.2) is 6.15 Å². The smallest absolute Gasteiger partial charge is 0.232 e. The molecular formula is C47H24BF24NO. The van der Waals surface area contributed by atoms with Gasteiger partial charge in [0.05, 0.1) is 44.5 Å². The second-order valence-corrected chi connectivity index (χ2v) is 16.1. The lowest BCUT2D eigenvalue weighted by Crippen LogP contribution is -2.75. The number of hydrogen-bond donors (Lipinski definition) is 0. The van der Waals surface area contributed by atoms with E-state index < -0.39 is 195 Å². The zero-order valence-corrected chi connectivity index (χ0v) is 35.9. The first kappa shape index (κ1) is 56.2. The number of fused-ring (bicyclic) bond motifs is 1. The van der Waals surface area contributed by atoms with Crippen molar-refractivity contribution in [1.29, 1.82) is 0 Å². The van der Waals surface area contributed by atoms with Gasteiger partial charge in [-0.1, -0.05) is 84.9 Å². The van der Waals surface area contributed by atoms with E-state index in [1.54, 1.807) is 4.73 Å². The quantitative estimate of drug-likeness (QED) is 0.0919. The van der Waals surface area contributed by atoms with Crippen LogP contribution >= 0.6 is 0 Å². The van der Waals surface area contributed by atoms with E-state index in [1.807, 2.05) is 54.9 Å². The van der Waals surface area contributed by atoms with Crippen molar-refractivity contribution in [1.82, 2.24) is 0 Å². The average Bonchev–Trinajstić information content (AvgIpc) is 3.27. The second-order valence-electron chi connectivity index (χ2n) is 16.1. The molecular weight excluding hydrogens is 1060 g/mol. The molecule has 0 radical (unpaired) electrons. The minimum absolute atomic E-state index is 0.691. The van der Waals surface area contributed by atoms with Gasteiger partial charge in [0, 0.05) is 16.9 Å². The highest BCUT2D eigenvalue weighted by Crippen LogP contribution is 2.41. The topological polar surface area (TPSA) is 13.1 Å². The second kappa shape index (κ2) is 19.3. The van der Waals surface area contributed by atoms with Gasteiger partial charge >= 0.3 is 49.4 Å². The summed E-state index contributed by atoms with van der Waals surface area (Å²) in [5.41, 5.74) is -30.2. The summed E-state index contributed by atoms with van der Waals surface area (Å²) in [6.07, 6.45) is -51.1. The molecule has 27 heteroatoms. The highest BCUT2D eigenvalue weighted by molar-refractivity contribution is 7.20. The number of benzene rings is 6. The first-order valence-electron chi connectivity index (χ1n) is 20.2. The summed E-state index contributed by atoms with van der Waals surface area (Å²) in [5.74, 6) is 0.833. The van der Waals surface area contributed by atoms with Gasteiger partial charge in [0.15, 0.2) is 0 Å². The Kier molecular flexibility index (Phi) is 14.7. The molecule has 0 amide bonds. The molecule has 0 atom stereocenters. The van der Waals surface area contributed by atoms with Gasteiger partial charge in [-0.3, -0.25) is 0 Å². The lowest BCUT2D eigenvalue weighted by molar-refractivity contribution is -0.875. The summed E-state index contributed by atoms with van der Waals surface area (Å²) < 4.78 is 343. The number of halogens is 24. The number of rotatable bonds is 6. The van der Waals surface area contributed by atoms with Crippen LogP contribution in [0.15, 0.2) is 146 Å². The standard InChI is InChI=1S/C32H12BF24.C15H12NO/c34-25(35,36)13-1-14(26(37,38)39)6-21(5-13)33(22-7-15(27(40,41)42)2-16(8-22)28(43,44)45,23-9-17(29(46,47)48)3-18(10-23)30(49,50)51)24-11-19(31(52,53)54)4-20(12-24)32(55,56)57;1-4-10-16(11-5-1)17-15-9-8-13-6-2-3-7-14(13)12-15/h1-12H;1-12H/q-1;+1. The van der Waals surface area contributed by atoms with Crippen LogP contribution in [0.25, 0.3) is 10.8 Å². The maximum Gasteiger partial charge on any atom is 0.416 e. The van der Waals surface area contributed by atoms with Crippen molar-refractivity contribution in [2.75, 3.05) is 0 Å². The SMILES string of the molecule is FC(F)(F)c1cc([B-](c2cc(C(F)(F)F)cc(C(F)(F)F)c2)(c2cc(C(F)(F)F)cc(C(F)(F)F)c2)c2cc(C(F)(F)F)cc(C(F)(F)F)c2)cc(C(F)(F)F)c1.c1cc[n+](Oc2ccc3ccccc3c2)cc1. The molecule has 7 rings (SSSR count). The van der Waals surface area contributed by atoms with Gasteiger partial charge < -0.3 is 0 Å². The van der Waals surface area contributed by atoms with E-state index in [1.165, 1.54) is 10.8 Å². The fourth-order valence-electron chi connectivity index (χ4n) is 7.86. The van der Waals surface area contributed by atoms with Crippen molar-refractivity contribution in [3.8, 4) is 5.75 Å². The molecule has 7 aromatic rings. The van der Waals surface area contributed by atoms with E-state index in [0.717, 1.165) is 5.75 Å². The van der Waals surface area contributed by atoms with Crippen molar-refractivity contribution in [3.05, 3.63) is 190 Å². The molecule has 394 valence electrons. The van der Waals surface area contributed by atoms with Crippen molar-refractivity contribution < 1.29 is 115 Å². The van der Waals surface area contributed by atoms with Crippen molar-refractivity contribution in [3.63, 3.8) is 0 Å². The molecule has 0 spiro atoms. The largest absolute Gasteiger partial charge is 0.416 e. The number of nitrogens with zero attached hydrogens (tertiary/aromatic N) is 1. The molecule has 0 saturated heterocycles. The van der Waals surface area contributed by atoms with E-state index in [-0.39, 0.29) is 0 Å². The summed E-state index contributed by atoms with van der Waals surface area (Å²) in [6, 6.07) is 11.3. The highest BCUT2D eigenvalue weighted by atomic mass is 19.4. The van der Waals surface area contributed by atoms with Crippen molar-refractivity contribution >= 4 is 38.8 Å². The van der Waals surface area contributed by atoms with Gasteiger partial charge in [-0.25, -0.2) is 4.84 Å². The summed E-state index contributed by atoms with van der Waals surface area (Å²) in [4.78, 5) is 5.70. The predicted molar refractivity (Wildman–Crippen MR) is 217 cm³/mol. The summed E-state index contributed by atoms with van der Waals surface area (Å²) in [5, 5.41) is 2.40. The maximum atomic E-state index is 14.2. The van der Waals surface area contributed by atoms with Gasteiger partial charge in [-0.15, -0.1) is 0 Å². The Labute approximate surface area is 398 Å². The first-order valence-corrected chi connectivity index (χ1v) is 20.2. The Balaban J connectivity index is 0.000000436. The van der Waals surface area contributed by atoms with Crippen LogP contribution in [0.2, 0.25) is 0 Å². The summed E-state index contributed by atoms with van der Waals surface area (Å²) in [7, 11) is 0. The molecule has 0 aliphatic carbocycles. The van der Waals surface area contributed by atoms with Gasteiger partial charge in [-0.05, 0) is 47.2 Å². The summed E-state index contributed by atoms with van der Waals surface area (Å²) in [6.45, 7) is 0. The van der Waals surface area contributed by atoms with E-state index in [4.69, 9.17) is 4.84 Å². The van der Waals surface area contributed by atoms with Crippen LogP contribution in [0.3, 0.4) is 0 Å². The first-order chi connectivity index (χ1) is 33.7. The Hall–Kier alpha value is -7.09. The molecule has 0 saturated carbocycles. The van der Waals surface area contributed by atoms with Crippen LogP contribution in [0.1, 0.15) is 44.5 Å². The summed E-state index contributed by atoms with van der Waals surface area (Å²) >= 11 is 0. The minimum atomic E-state index is -6.13. The fourth-order valence-corrected chi connectivity index (χ4v) is 7.86. The zero-order chi connectivity index (χ0) is 55.4. The van der Waals surface area contributed by atoms with E-state index in [9.17, 15) is 105 Å². The van der Waals surface area contributed by atoms with E-state index in [2.05, 4.69) is 18.2 Å². The highest BCUT2D eigenvalue weighted by Gasteiger charge is 2.47. The molecule has 0 bridgehead atoms. The third-order valence-corrected chi connectivity index (χ3v) is 11.1. The average molecular weight is 1090 g/mol. The van der Waals surface area contributed by atoms with E-state index in [0.29, 0.717) is 0 Å². The Bertz CT molecular complexity index is 2710. The van der Waals surface area contributed by atoms with Crippen molar-refractivity contribution in [2.45, 2.75) is 49.4 Å². The molecule has 2 nitrogen and oxygen atoms in total. The molecule has 0 aliphatic heterocycles. The molecule has 1 aromatic heterocycles. The maximum absolute atomic E-state index is 14.2. The van der Waals surface area contributed by atoms with Crippen molar-refractivity contribution in [2.24, 2.45) is 0 Å².